The molecule has 0 atom stereocenters. The minimum absolute atomic E-state index is 0.247. The van der Waals surface area contributed by atoms with Gasteiger partial charge in [0.15, 0.2) is 0 Å². The highest BCUT2D eigenvalue weighted by molar-refractivity contribution is 8.76. The van der Waals surface area contributed by atoms with Gasteiger partial charge >= 0.3 is 0 Å². The van der Waals surface area contributed by atoms with Crippen LogP contribution < -0.4 is 4.90 Å². The number of anilines is 1. The van der Waals surface area contributed by atoms with E-state index < -0.39 is 0 Å². The second kappa shape index (κ2) is 7.23. The van der Waals surface area contributed by atoms with Gasteiger partial charge in [0, 0.05) is 10.6 Å². The number of carbonyl (C=O) groups is 2. The summed E-state index contributed by atoms with van der Waals surface area (Å²) in [5.74, 6) is 0.632. The number of amides is 2. The van der Waals surface area contributed by atoms with Crippen molar-refractivity contribution in [2.75, 3.05) is 10.7 Å². The predicted molar refractivity (Wildman–Crippen MR) is 97.2 cm³/mol. The molecule has 0 radical (unpaired) electrons. The van der Waals surface area contributed by atoms with Crippen molar-refractivity contribution in [3.8, 4) is 0 Å². The minimum atomic E-state index is -0.247. The fraction of sp³-hybridized carbons (Fsp3) is 0.222. The molecule has 0 fully saturated rings. The molecule has 0 unspecified atom stereocenters. The van der Waals surface area contributed by atoms with Crippen LogP contribution in [0.1, 0.15) is 40.5 Å². The topological polar surface area (TPSA) is 37.4 Å². The van der Waals surface area contributed by atoms with E-state index in [0.29, 0.717) is 16.8 Å². The molecule has 1 heterocycles. The molecule has 1 aliphatic rings. The largest absolute Gasteiger partial charge is 0.268 e. The SMILES string of the molecule is CCCCSSc1ccc(N2C(=O)c3ccccc3C2=O)cc1. The molecule has 0 N–H and O–H groups in total. The van der Waals surface area contributed by atoms with Gasteiger partial charge in [-0.2, -0.15) is 0 Å². The maximum atomic E-state index is 12.4. The Labute approximate surface area is 143 Å². The Balaban J connectivity index is 1.73. The van der Waals surface area contributed by atoms with E-state index in [4.69, 9.17) is 0 Å². The van der Waals surface area contributed by atoms with E-state index in [0.717, 1.165) is 10.6 Å². The van der Waals surface area contributed by atoms with Crippen molar-refractivity contribution >= 4 is 39.1 Å². The summed E-state index contributed by atoms with van der Waals surface area (Å²) in [6, 6.07) is 14.6. The van der Waals surface area contributed by atoms with E-state index in [1.807, 2.05) is 35.1 Å². The van der Waals surface area contributed by atoms with Crippen LogP contribution in [0.4, 0.5) is 5.69 Å². The molecule has 2 aromatic rings. The van der Waals surface area contributed by atoms with Crippen LogP contribution in [0.5, 0.6) is 0 Å². The Hall–Kier alpha value is -1.72. The van der Waals surface area contributed by atoms with Gasteiger partial charge in [-0.3, -0.25) is 9.59 Å². The van der Waals surface area contributed by atoms with E-state index in [9.17, 15) is 9.59 Å². The average Bonchev–Trinajstić information content (AvgIpc) is 2.84. The molecule has 3 rings (SSSR count). The number of benzene rings is 2. The second-order valence-electron chi connectivity index (χ2n) is 5.24. The molecule has 118 valence electrons. The maximum Gasteiger partial charge on any atom is 0.266 e. The maximum absolute atomic E-state index is 12.4. The first-order valence-electron chi connectivity index (χ1n) is 7.59. The zero-order valence-corrected chi connectivity index (χ0v) is 14.5. The van der Waals surface area contributed by atoms with Gasteiger partial charge in [-0.15, -0.1) is 0 Å². The van der Waals surface area contributed by atoms with Crippen molar-refractivity contribution in [1.82, 2.24) is 0 Å². The summed E-state index contributed by atoms with van der Waals surface area (Å²) < 4.78 is 0. The molecule has 3 nitrogen and oxygen atoms in total. The Bertz CT molecular complexity index is 693. The summed E-state index contributed by atoms with van der Waals surface area (Å²) in [5, 5.41) is 0. The number of unbranched alkanes of at least 4 members (excludes halogenated alkanes) is 1. The average molecular weight is 343 g/mol. The van der Waals surface area contributed by atoms with Gasteiger partial charge in [0.25, 0.3) is 11.8 Å². The fourth-order valence-electron chi connectivity index (χ4n) is 2.39. The Kier molecular flexibility index (Phi) is 5.08. The summed E-state index contributed by atoms with van der Waals surface area (Å²) >= 11 is 0. The van der Waals surface area contributed by atoms with Crippen molar-refractivity contribution < 1.29 is 9.59 Å². The molecule has 23 heavy (non-hydrogen) atoms. The van der Waals surface area contributed by atoms with Gasteiger partial charge in [0.05, 0.1) is 16.8 Å². The first-order chi connectivity index (χ1) is 11.2. The molecular formula is C18H17NO2S2. The summed E-state index contributed by atoms with van der Waals surface area (Å²) in [6.45, 7) is 2.18. The van der Waals surface area contributed by atoms with Crippen molar-refractivity contribution in [2.45, 2.75) is 24.7 Å². The summed E-state index contributed by atoms with van der Waals surface area (Å²) in [7, 11) is 3.56. The van der Waals surface area contributed by atoms with Gasteiger partial charge in [-0.05, 0) is 42.8 Å². The molecule has 0 spiro atoms. The number of carbonyl (C=O) groups excluding carboxylic acids is 2. The summed E-state index contributed by atoms with van der Waals surface area (Å²) in [6.07, 6.45) is 2.41. The monoisotopic (exact) mass is 343 g/mol. The lowest BCUT2D eigenvalue weighted by atomic mass is 10.1. The minimum Gasteiger partial charge on any atom is -0.268 e. The number of nitrogens with zero attached hydrogens (tertiary/aromatic N) is 1. The van der Waals surface area contributed by atoms with Crippen LogP contribution in [0.3, 0.4) is 0 Å². The molecule has 0 saturated carbocycles. The second-order valence-corrected chi connectivity index (χ2v) is 7.73. The number of hydrogen-bond acceptors (Lipinski definition) is 4. The Morgan fingerprint density at radius 1 is 0.913 bits per heavy atom. The Morgan fingerprint density at radius 2 is 1.52 bits per heavy atom. The van der Waals surface area contributed by atoms with E-state index in [1.165, 1.54) is 17.7 Å². The number of fused-ring (bicyclic) bond motifs is 1. The highest BCUT2D eigenvalue weighted by atomic mass is 33.1. The Morgan fingerprint density at radius 3 is 2.09 bits per heavy atom. The molecular weight excluding hydrogens is 326 g/mol. The van der Waals surface area contributed by atoms with Gasteiger partial charge in [-0.1, -0.05) is 47.1 Å². The third-order valence-corrected chi connectivity index (χ3v) is 6.09. The fourth-order valence-corrected chi connectivity index (χ4v) is 4.61. The summed E-state index contributed by atoms with van der Waals surface area (Å²) in [5.41, 5.74) is 1.58. The van der Waals surface area contributed by atoms with E-state index in [2.05, 4.69) is 6.92 Å². The molecule has 2 amide bonds. The highest BCUT2D eigenvalue weighted by Crippen LogP contribution is 2.34. The lowest BCUT2D eigenvalue weighted by Gasteiger charge is -2.14. The molecule has 0 saturated heterocycles. The van der Waals surface area contributed by atoms with Crippen LogP contribution in [0.15, 0.2) is 53.4 Å². The number of hydrogen-bond donors (Lipinski definition) is 0. The third-order valence-electron chi connectivity index (χ3n) is 3.63. The first-order valence-corrected chi connectivity index (χ1v) is 9.91. The lowest BCUT2D eigenvalue weighted by molar-refractivity contribution is 0.0926. The normalized spacial score (nSPS) is 13.5. The molecule has 5 heteroatoms. The van der Waals surface area contributed by atoms with Crippen molar-refractivity contribution in [3.63, 3.8) is 0 Å². The van der Waals surface area contributed by atoms with Gasteiger partial charge < -0.3 is 0 Å². The van der Waals surface area contributed by atoms with E-state index >= 15 is 0 Å². The molecule has 0 bridgehead atoms. The number of rotatable bonds is 6. The predicted octanol–water partition coefficient (Wildman–Crippen LogP) is 5.03. The quantitative estimate of drug-likeness (QED) is 0.419. The van der Waals surface area contributed by atoms with Crippen molar-refractivity contribution in [3.05, 3.63) is 59.7 Å². The van der Waals surface area contributed by atoms with Gasteiger partial charge in [-0.25, -0.2) is 4.90 Å². The van der Waals surface area contributed by atoms with Crippen LogP contribution in [-0.2, 0) is 0 Å². The lowest BCUT2D eigenvalue weighted by Crippen LogP contribution is -2.29. The van der Waals surface area contributed by atoms with Crippen molar-refractivity contribution in [1.29, 1.82) is 0 Å². The number of imide groups is 1. The van der Waals surface area contributed by atoms with E-state index in [1.54, 1.807) is 35.1 Å². The standard InChI is InChI=1S/C18H17NO2S2/c1-2-3-12-22-23-14-10-8-13(9-11-14)19-17(20)15-6-4-5-7-16(15)18(19)21/h4-11H,2-3,12H2,1H3. The smallest absolute Gasteiger partial charge is 0.266 e. The highest BCUT2D eigenvalue weighted by Gasteiger charge is 2.36. The third kappa shape index (κ3) is 3.31. The van der Waals surface area contributed by atoms with Gasteiger partial charge in [0.1, 0.15) is 0 Å². The van der Waals surface area contributed by atoms with Crippen molar-refractivity contribution in [2.24, 2.45) is 0 Å². The molecule has 2 aromatic carbocycles. The summed E-state index contributed by atoms with van der Waals surface area (Å²) in [4.78, 5) is 27.2. The van der Waals surface area contributed by atoms with Gasteiger partial charge in [0.2, 0.25) is 0 Å². The molecule has 0 aromatic heterocycles. The molecule has 0 aliphatic carbocycles. The van der Waals surface area contributed by atoms with Crippen LogP contribution in [0, 0.1) is 0 Å². The zero-order chi connectivity index (χ0) is 16.2. The first kappa shape index (κ1) is 16.1. The van der Waals surface area contributed by atoms with E-state index in [-0.39, 0.29) is 11.8 Å². The van der Waals surface area contributed by atoms with Crippen LogP contribution in [-0.4, -0.2) is 17.6 Å². The van der Waals surface area contributed by atoms with Crippen LogP contribution >= 0.6 is 21.6 Å². The van der Waals surface area contributed by atoms with Crippen LogP contribution in [0.2, 0.25) is 0 Å². The van der Waals surface area contributed by atoms with Crippen LogP contribution in [0.25, 0.3) is 0 Å². The molecule has 1 aliphatic heterocycles. The zero-order valence-electron chi connectivity index (χ0n) is 12.8.